The number of hydrogen-bond donors (Lipinski definition) is 3. The molecule has 0 aliphatic rings. The van der Waals surface area contributed by atoms with E-state index in [0.29, 0.717) is 16.9 Å². The number of hydrogen-bond acceptors (Lipinski definition) is 3. The summed E-state index contributed by atoms with van der Waals surface area (Å²) in [5, 5.41) is 2.68. The zero-order valence-electron chi connectivity index (χ0n) is 11.7. The Morgan fingerprint density at radius 3 is 2.67 bits per heavy atom. The maximum Gasteiger partial charge on any atom is 0.261 e. The van der Waals surface area contributed by atoms with Crippen LogP contribution in [-0.4, -0.2) is 15.9 Å². The molecule has 0 spiro atoms. The number of rotatable bonds is 3. The van der Waals surface area contributed by atoms with Crippen LogP contribution in [0.5, 0.6) is 0 Å². The van der Waals surface area contributed by atoms with Crippen molar-refractivity contribution >= 4 is 28.8 Å². The summed E-state index contributed by atoms with van der Waals surface area (Å²) in [4.78, 5) is 27.1. The molecule has 0 saturated carbocycles. The van der Waals surface area contributed by atoms with Crippen molar-refractivity contribution in [3.05, 3.63) is 63.1 Å². The number of anilines is 1. The van der Waals surface area contributed by atoms with Crippen molar-refractivity contribution in [1.29, 1.82) is 0 Å². The summed E-state index contributed by atoms with van der Waals surface area (Å²) in [6, 6.07) is 6.70. The lowest BCUT2D eigenvalue weighted by atomic mass is 10.1. The minimum atomic E-state index is -0.501. The number of thiocarbonyl (C=S) groups is 1. The molecule has 1 aromatic carbocycles. The van der Waals surface area contributed by atoms with E-state index in [9.17, 15) is 9.59 Å². The highest BCUT2D eigenvalue weighted by atomic mass is 32.1. The lowest BCUT2D eigenvalue weighted by Crippen LogP contribution is -2.23. The SMILES string of the molecule is Cc1cc(=O)c(C(=O)Nc2cccc(C)c2C(N)=S)c[nH]1. The van der Waals surface area contributed by atoms with E-state index in [1.54, 1.807) is 19.1 Å². The number of carbonyl (C=O) groups is 1. The molecule has 1 amide bonds. The Hall–Kier alpha value is -2.47. The number of aromatic nitrogens is 1. The first-order chi connectivity index (χ1) is 9.90. The molecule has 2 aromatic rings. The van der Waals surface area contributed by atoms with Crippen LogP contribution >= 0.6 is 12.2 Å². The van der Waals surface area contributed by atoms with E-state index in [1.165, 1.54) is 12.3 Å². The molecule has 21 heavy (non-hydrogen) atoms. The standard InChI is InChI=1S/C15H15N3O2S/c1-8-4-3-5-11(13(8)14(16)21)18-15(20)10-7-17-9(2)6-12(10)19/h3-7H,1-2H3,(H2,16,21)(H,17,19)(H,18,20). The van der Waals surface area contributed by atoms with Crippen LogP contribution < -0.4 is 16.5 Å². The number of nitrogens with one attached hydrogen (secondary N) is 2. The van der Waals surface area contributed by atoms with Gasteiger partial charge in [0.05, 0.1) is 5.69 Å². The predicted molar refractivity (Wildman–Crippen MR) is 86.8 cm³/mol. The number of H-pyrrole nitrogens is 1. The van der Waals surface area contributed by atoms with Gasteiger partial charge in [-0.1, -0.05) is 24.4 Å². The number of aryl methyl sites for hydroxylation is 2. The minimum absolute atomic E-state index is 0.0380. The van der Waals surface area contributed by atoms with Crippen molar-refractivity contribution < 1.29 is 4.79 Å². The molecule has 0 bridgehead atoms. The molecule has 1 aromatic heterocycles. The topological polar surface area (TPSA) is 88.0 Å². The van der Waals surface area contributed by atoms with E-state index in [-0.39, 0.29) is 16.0 Å². The van der Waals surface area contributed by atoms with E-state index in [4.69, 9.17) is 18.0 Å². The Bertz CT molecular complexity index is 781. The van der Waals surface area contributed by atoms with Gasteiger partial charge < -0.3 is 16.0 Å². The molecule has 6 heteroatoms. The molecule has 0 radical (unpaired) electrons. The average molecular weight is 301 g/mol. The highest BCUT2D eigenvalue weighted by molar-refractivity contribution is 7.80. The predicted octanol–water partition coefficient (Wildman–Crippen LogP) is 1.88. The fourth-order valence-electron chi connectivity index (χ4n) is 2.04. The van der Waals surface area contributed by atoms with E-state index < -0.39 is 5.91 Å². The summed E-state index contributed by atoms with van der Waals surface area (Å²) in [7, 11) is 0. The number of pyridine rings is 1. The molecule has 0 saturated heterocycles. The van der Waals surface area contributed by atoms with Crippen molar-refractivity contribution in [3.8, 4) is 0 Å². The van der Waals surface area contributed by atoms with Gasteiger partial charge in [-0.3, -0.25) is 9.59 Å². The number of amides is 1. The average Bonchev–Trinajstić information content (AvgIpc) is 2.37. The molecule has 5 nitrogen and oxygen atoms in total. The van der Waals surface area contributed by atoms with Crippen LogP contribution in [-0.2, 0) is 0 Å². The first-order valence-corrected chi connectivity index (χ1v) is 6.71. The molecule has 1 heterocycles. The summed E-state index contributed by atoms with van der Waals surface area (Å²) in [5.41, 5.74) is 8.03. The van der Waals surface area contributed by atoms with Gasteiger partial charge in [0.15, 0.2) is 5.43 Å². The van der Waals surface area contributed by atoms with Crippen molar-refractivity contribution in [1.82, 2.24) is 4.98 Å². The second kappa shape index (κ2) is 5.88. The smallest absolute Gasteiger partial charge is 0.261 e. The molecule has 2 rings (SSSR count). The lowest BCUT2D eigenvalue weighted by molar-refractivity contribution is 0.102. The van der Waals surface area contributed by atoms with Crippen LogP contribution in [0.15, 0.2) is 35.3 Å². The fraction of sp³-hybridized carbons (Fsp3) is 0.133. The Labute approximate surface area is 127 Å². The maximum absolute atomic E-state index is 12.2. The van der Waals surface area contributed by atoms with Crippen LogP contribution in [0.4, 0.5) is 5.69 Å². The third kappa shape index (κ3) is 3.17. The largest absolute Gasteiger partial charge is 0.389 e. The van der Waals surface area contributed by atoms with Crippen molar-refractivity contribution in [2.75, 3.05) is 5.32 Å². The number of aromatic amines is 1. The monoisotopic (exact) mass is 301 g/mol. The molecule has 108 valence electrons. The number of nitrogens with two attached hydrogens (primary N) is 1. The molecular formula is C15H15N3O2S. The summed E-state index contributed by atoms with van der Waals surface area (Å²) in [5.74, 6) is -0.501. The Morgan fingerprint density at radius 2 is 2.05 bits per heavy atom. The van der Waals surface area contributed by atoms with Gasteiger partial charge in [-0.25, -0.2) is 0 Å². The van der Waals surface area contributed by atoms with E-state index >= 15 is 0 Å². The second-order valence-electron chi connectivity index (χ2n) is 4.71. The van der Waals surface area contributed by atoms with E-state index in [2.05, 4.69) is 10.3 Å². The van der Waals surface area contributed by atoms with Gasteiger partial charge >= 0.3 is 0 Å². The maximum atomic E-state index is 12.2. The van der Waals surface area contributed by atoms with E-state index in [0.717, 1.165) is 5.56 Å². The Kier molecular flexibility index (Phi) is 4.18. The van der Waals surface area contributed by atoms with Gasteiger partial charge in [0.25, 0.3) is 5.91 Å². The van der Waals surface area contributed by atoms with Gasteiger partial charge in [0.1, 0.15) is 10.6 Å². The summed E-state index contributed by atoms with van der Waals surface area (Å²) >= 11 is 5.01. The first kappa shape index (κ1) is 14.9. The molecular weight excluding hydrogens is 286 g/mol. The zero-order valence-corrected chi connectivity index (χ0v) is 12.5. The quantitative estimate of drug-likeness (QED) is 0.755. The van der Waals surface area contributed by atoms with Gasteiger partial charge in [-0.15, -0.1) is 0 Å². The van der Waals surface area contributed by atoms with Crippen LogP contribution in [0.1, 0.15) is 27.2 Å². The Morgan fingerprint density at radius 1 is 1.33 bits per heavy atom. The normalized spacial score (nSPS) is 10.2. The van der Waals surface area contributed by atoms with Crippen molar-refractivity contribution in [2.45, 2.75) is 13.8 Å². The number of benzene rings is 1. The molecule has 0 atom stereocenters. The first-order valence-electron chi connectivity index (χ1n) is 6.30. The molecule has 0 unspecified atom stereocenters. The van der Waals surface area contributed by atoms with Crippen molar-refractivity contribution in [2.24, 2.45) is 5.73 Å². The fourth-order valence-corrected chi connectivity index (χ4v) is 2.31. The highest BCUT2D eigenvalue weighted by Crippen LogP contribution is 2.19. The third-order valence-electron chi connectivity index (χ3n) is 3.07. The number of carbonyl (C=O) groups excluding carboxylic acids is 1. The Balaban J connectivity index is 2.39. The van der Waals surface area contributed by atoms with Crippen molar-refractivity contribution in [3.63, 3.8) is 0 Å². The zero-order chi connectivity index (χ0) is 15.6. The molecule has 0 aliphatic heterocycles. The third-order valence-corrected chi connectivity index (χ3v) is 3.27. The van der Waals surface area contributed by atoms with Gasteiger partial charge in [0, 0.05) is 23.5 Å². The second-order valence-corrected chi connectivity index (χ2v) is 5.15. The van der Waals surface area contributed by atoms with Crippen LogP contribution in [0.25, 0.3) is 0 Å². The lowest BCUT2D eigenvalue weighted by Gasteiger charge is -2.12. The minimum Gasteiger partial charge on any atom is -0.389 e. The highest BCUT2D eigenvalue weighted by Gasteiger charge is 2.14. The summed E-state index contributed by atoms with van der Waals surface area (Å²) in [6.45, 7) is 3.59. The van der Waals surface area contributed by atoms with E-state index in [1.807, 2.05) is 13.0 Å². The van der Waals surface area contributed by atoms with Gasteiger partial charge in [-0.05, 0) is 25.5 Å². The van der Waals surface area contributed by atoms with Crippen LogP contribution in [0.2, 0.25) is 0 Å². The van der Waals surface area contributed by atoms with Gasteiger partial charge in [-0.2, -0.15) is 0 Å². The van der Waals surface area contributed by atoms with Gasteiger partial charge in [0.2, 0.25) is 0 Å². The molecule has 4 N–H and O–H groups in total. The summed E-state index contributed by atoms with van der Waals surface area (Å²) < 4.78 is 0. The van der Waals surface area contributed by atoms with Crippen LogP contribution in [0.3, 0.4) is 0 Å². The summed E-state index contributed by atoms with van der Waals surface area (Å²) in [6.07, 6.45) is 1.39. The molecule has 0 aliphatic carbocycles. The van der Waals surface area contributed by atoms with Crippen LogP contribution in [0, 0.1) is 13.8 Å². The molecule has 0 fully saturated rings.